The Morgan fingerprint density at radius 2 is 2.44 bits per heavy atom. The summed E-state index contributed by atoms with van der Waals surface area (Å²) in [7, 11) is 0. The van der Waals surface area contributed by atoms with E-state index in [-0.39, 0.29) is 23.0 Å². The molecule has 88 valence electrons. The summed E-state index contributed by atoms with van der Waals surface area (Å²) in [6.07, 6.45) is 1.83. The molecule has 6 heteroatoms. The lowest BCUT2D eigenvalue weighted by atomic mass is 10.1. The van der Waals surface area contributed by atoms with E-state index in [2.05, 4.69) is 0 Å². The van der Waals surface area contributed by atoms with Gasteiger partial charge in [0.25, 0.3) is 0 Å². The minimum atomic E-state index is -1.01. The molecular formula is C10H14N2O3S. The van der Waals surface area contributed by atoms with Gasteiger partial charge in [0.15, 0.2) is 0 Å². The van der Waals surface area contributed by atoms with Gasteiger partial charge in [-0.3, -0.25) is 9.69 Å². The number of nitrogens with zero attached hydrogens (tertiary/aromatic N) is 1. The average molecular weight is 242 g/mol. The highest BCUT2D eigenvalue weighted by Gasteiger charge is 2.47. The van der Waals surface area contributed by atoms with Crippen LogP contribution in [0.15, 0.2) is 10.6 Å². The first-order valence-corrected chi connectivity index (χ1v) is 6.09. The molecule has 1 fully saturated rings. The Kier molecular flexibility index (Phi) is 2.94. The van der Waals surface area contributed by atoms with Gasteiger partial charge in [-0.25, -0.2) is 4.79 Å². The SMILES string of the molecule is CC(N)CCC1=C(C(=O)O)N2C(=O)C[C@@H]2S1. The molecule has 3 N–H and O–H groups in total. The van der Waals surface area contributed by atoms with E-state index >= 15 is 0 Å². The Hall–Kier alpha value is -1.01. The standard InChI is InChI=1S/C10H14N2O3S/c1-5(11)2-3-6-9(10(14)15)12-7(13)4-8(12)16-6/h5,8H,2-4,11H2,1H3,(H,14,15)/t5?,8-/m0/s1. The number of fused-ring (bicyclic) bond motifs is 1. The summed E-state index contributed by atoms with van der Waals surface area (Å²) in [5.41, 5.74) is 5.82. The van der Waals surface area contributed by atoms with Gasteiger partial charge in [0.2, 0.25) is 5.91 Å². The molecular weight excluding hydrogens is 228 g/mol. The summed E-state index contributed by atoms with van der Waals surface area (Å²) in [5.74, 6) is -1.10. The van der Waals surface area contributed by atoms with Gasteiger partial charge in [-0.05, 0) is 19.8 Å². The van der Waals surface area contributed by atoms with Gasteiger partial charge in [0.1, 0.15) is 5.70 Å². The summed E-state index contributed by atoms with van der Waals surface area (Å²) < 4.78 is 0. The Morgan fingerprint density at radius 1 is 1.75 bits per heavy atom. The zero-order valence-corrected chi connectivity index (χ0v) is 9.79. The summed E-state index contributed by atoms with van der Waals surface area (Å²) in [5, 5.41) is 9.11. The van der Waals surface area contributed by atoms with Crippen molar-refractivity contribution in [3.63, 3.8) is 0 Å². The molecule has 1 amide bonds. The molecule has 1 saturated heterocycles. The van der Waals surface area contributed by atoms with Crippen molar-refractivity contribution in [3.05, 3.63) is 10.6 Å². The van der Waals surface area contributed by atoms with Crippen LogP contribution in [0, 0.1) is 0 Å². The molecule has 0 aromatic heterocycles. The number of carbonyl (C=O) groups excluding carboxylic acids is 1. The highest BCUT2D eigenvalue weighted by atomic mass is 32.2. The third kappa shape index (κ3) is 1.82. The van der Waals surface area contributed by atoms with E-state index in [0.29, 0.717) is 12.8 Å². The van der Waals surface area contributed by atoms with Crippen LogP contribution in [0.2, 0.25) is 0 Å². The lowest BCUT2D eigenvalue weighted by Gasteiger charge is -2.33. The van der Waals surface area contributed by atoms with Crippen molar-refractivity contribution in [2.75, 3.05) is 0 Å². The highest BCUT2D eigenvalue weighted by Crippen LogP contribution is 2.47. The number of β-lactam (4-membered cyclic amide) rings is 1. The second-order valence-corrected chi connectivity index (χ2v) is 5.41. The molecule has 0 radical (unpaired) electrons. The molecule has 1 unspecified atom stereocenters. The molecule has 2 aliphatic heterocycles. The van der Waals surface area contributed by atoms with Crippen LogP contribution in [0.1, 0.15) is 26.2 Å². The number of thioether (sulfide) groups is 1. The van der Waals surface area contributed by atoms with Crippen molar-refractivity contribution < 1.29 is 14.7 Å². The predicted octanol–water partition coefficient (Wildman–Crippen LogP) is 0.715. The van der Waals surface area contributed by atoms with E-state index < -0.39 is 5.97 Å². The van der Waals surface area contributed by atoms with E-state index in [4.69, 9.17) is 10.8 Å². The zero-order valence-electron chi connectivity index (χ0n) is 8.97. The van der Waals surface area contributed by atoms with Crippen molar-refractivity contribution in [1.29, 1.82) is 0 Å². The summed E-state index contributed by atoms with van der Waals surface area (Å²) in [4.78, 5) is 24.6. The minimum Gasteiger partial charge on any atom is -0.477 e. The molecule has 0 spiro atoms. The Labute approximate surface area is 97.7 Å². The number of carboxylic acids is 1. The second-order valence-electron chi connectivity index (χ2n) is 4.13. The molecule has 2 atom stereocenters. The smallest absolute Gasteiger partial charge is 0.353 e. The van der Waals surface area contributed by atoms with Crippen LogP contribution in [0.25, 0.3) is 0 Å². The number of amides is 1. The Morgan fingerprint density at radius 3 is 2.94 bits per heavy atom. The highest BCUT2D eigenvalue weighted by molar-refractivity contribution is 8.04. The van der Waals surface area contributed by atoms with Crippen LogP contribution >= 0.6 is 11.8 Å². The number of aliphatic carboxylic acids is 1. The summed E-state index contributed by atoms with van der Waals surface area (Å²) in [6.45, 7) is 1.89. The lowest BCUT2D eigenvalue weighted by Crippen LogP contribution is -2.48. The van der Waals surface area contributed by atoms with Crippen LogP contribution < -0.4 is 5.73 Å². The van der Waals surface area contributed by atoms with Crippen LogP contribution in [0.5, 0.6) is 0 Å². The number of hydrogen-bond acceptors (Lipinski definition) is 4. The monoisotopic (exact) mass is 242 g/mol. The first-order chi connectivity index (χ1) is 7.50. The van der Waals surface area contributed by atoms with E-state index in [9.17, 15) is 9.59 Å². The fraction of sp³-hybridized carbons (Fsp3) is 0.600. The maximum Gasteiger partial charge on any atom is 0.353 e. The van der Waals surface area contributed by atoms with Gasteiger partial charge < -0.3 is 10.8 Å². The molecule has 0 bridgehead atoms. The van der Waals surface area contributed by atoms with Crippen molar-refractivity contribution >= 4 is 23.6 Å². The maximum atomic E-state index is 11.3. The molecule has 5 nitrogen and oxygen atoms in total. The van der Waals surface area contributed by atoms with E-state index in [1.54, 1.807) is 0 Å². The number of carbonyl (C=O) groups is 2. The number of nitrogens with two attached hydrogens (primary N) is 1. The van der Waals surface area contributed by atoms with E-state index in [1.807, 2.05) is 6.92 Å². The first-order valence-electron chi connectivity index (χ1n) is 5.21. The number of hydrogen-bond donors (Lipinski definition) is 2. The number of allylic oxidation sites excluding steroid dienone is 1. The van der Waals surface area contributed by atoms with Crippen LogP contribution in [0.4, 0.5) is 0 Å². The quantitative estimate of drug-likeness (QED) is 0.709. The van der Waals surface area contributed by atoms with Crippen LogP contribution in [0.3, 0.4) is 0 Å². The molecule has 0 saturated carbocycles. The third-order valence-corrected chi connectivity index (χ3v) is 4.05. The largest absolute Gasteiger partial charge is 0.477 e. The second kappa shape index (κ2) is 4.10. The fourth-order valence-electron chi connectivity index (χ4n) is 1.86. The van der Waals surface area contributed by atoms with E-state index in [0.717, 1.165) is 11.3 Å². The van der Waals surface area contributed by atoms with Gasteiger partial charge in [-0.2, -0.15) is 0 Å². The Bertz CT molecular complexity index is 378. The molecule has 2 aliphatic rings. The lowest BCUT2D eigenvalue weighted by molar-refractivity contribution is -0.145. The summed E-state index contributed by atoms with van der Waals surface area (Å²) >= 11 is 1.49. The normalized spacial score (nSPS) is 25.5. The Balaban J connectivity index is 2.15. The zero-order chi connectivity index (χ0) is 11.9. The number of carboxylic acid groups (broad SMARTS) is 1. The summed E-state index contributed by atoms with van der Waals surface area (Å²) in [6, 6.07) is 0.0482. The minimum absolute atomic E-state index is 0.0154. The average Bonchev–Trinajstić information content (AvgIpc) is 2.47. The van der Waals surface area contributed by atoms with Crippen molar-refractivity contribution in [2.45, 2.75) is 37.6 Å². The number of rotatable bonds is 4. The van der Waals surface area contributed by atoms with Gasteiger partial charge in [0, 0.05) is 10.9 Å². The topological polar surface area (TPSA) is 83.6 Å². The van der Waals surface area contributed by atoms with Gasteiger partial charge in [-0.15, -0.1) is 11.8 Å². The molecule has 16 heavy (non-hydrogen) atoms. The molecule has 0 aromatic carbocycles. The van der Waals surface area contributed by atoms with Crippen LogP contribution in [-0.4, -0.2) is 33.3 Å². The molecule has 0 aromatic rings. The van der Waals surface area contributed by atoms with Crippen molar-refractivity contribution in [1.82, 2.24) is 4.90 Å². The van der Waals surface area contributed by atoms with Crippen LogP contribution in [-0.2, 0) is 9.59 Å². The third-order valence-electron chi connectivity index (χ3n) is 2.72. The van der Waals surface area contributed by atoms with Gasteiger partial charge in [0.05, 0.1) is 11.8 Å². The molecule has 2 heterocycles. The maximum absolute atomic E-state index is 11.3. The van der Waals surface area contributed by atoms with E-state index in [1.165, 1.54) is 16.7 Å². The van der Waals surface area contributed by atoms with Gasteiger partial charge >= 0.3 is 5.97 Å². The predicted molar refractivity (Wildman–Crippen MR) is 60.4 cm³/mol. The molecule has 2 rings (SSSR count). The van der Waals surface area contributed by atoms with Gasteiger partial charge in [-0.1, -0.05) is 0 Å². The first kappa shape index (κ1) is 11.5. The fourth-order valence-corrected chi connectivity index (χ4v) is 3.28. The molecule has 0 aliphatic carbocycles. The van der Waals surface area contributed by atoms with Crippen molar-refractivity contribution in [2.24, 2.45) is 5.73 Å². The van der Waals surface area contributed by atoms with Crippen molar-refractivity contribution in [3.8, 4) is 0 Å².